The van der Waals surface area contributed by atoms with Crippen molar-refractivity contribution in [1.29, 1.82) is 0 Å². The Hall–Kier alpha value is -3.71. The molecule has 0 aliphatic heterocycles. The summed E-state index contributed by atoms with van der Waals surface area (Å²) in [6, 6.07) is 8.08. The van der Waals surface area contributed by atoms with Crippen molar-refractivity contribution in [2.24, 2.45) is 5.10 Å². The zero-order chi connectivity index (χ0) is 25.0. The average molecular weight is 527 g/mol. The molecular weight excluding hydrogens is 504 g/mol. The summed E-state index contributed by atoms with van der Waals surface area (Å²) in [6.45, 7) is 7.59. The van der Waals surface area contributed by atoms with Crippen molar-refractivity contribution in [3.63, 3.8) is 0 Å². The van der Waals surface area contributed by atoms with E-state index in [9.17, 15) is 14.9 Å². The lowest BCUT2D eigenvalue weighted by molar-refractivity contribution is -0.385. The number of nitro groups is 1. The number of terminal acetylenes is 1. The SMILES string of the molecule is C#CCOc1c(OCC)cc(C=Nn2c(C(C)(C)C)nc3ccc(Br)cc3c2=O)cc1[N+](=O)[O-]. The normalized spacial score (nSPS) is 11.5. The van der Waals surface area contributed by atoms with E-state index in [0.717, 1.165) is 4.47 Å². The number of hydrogen-bond acceptors (Lipinski definition) is 7. The van der Waals surface area contributed by atoms with Crippen LogP contribution in [0.2, 0.25) is 0 Å². The predicted octanol–water partition coefficient (Wildman–Crippen LogP) is 4.66. The third kappa shape index (κ3) is 5.26. The van der Waals surface area contributed by atoms with Crippen LogP contribution in [0.3, 0.4) is 0 Å². The first-order valence-electron chi connectivity index (χ1n) is 10.4. The van der Waals surface area contributed by atoms with E-state index in [-0.39, 0.29) is 36.0 Å². The lowest BCUT2D eigenvalue weighted by Gasteiger charge is -2.20. The Bertz CT molecular complexity index is 1380. The van der Waals surface area contributed by atoms with E-state index < -0.39 is 10.3 Å². The molecule has 3 rings (SSSR count). The maximum Gasteiger partial charge on any atom is 0.315 e. The lowest BCUT2D eigenvalue weighted by Crippen LogP contribution is -2.29. The summed E-state index contributed by atoms with van der Waals surface area (Å²) in [5.74, 6) is 2.81. The smallest absolute Gasteiger partial charge is 0.315 e. The third-order valence-electron chi connectivity index (χ3n) is 4.66. The van der Waals surface area contributed by atoms with Crippen molar-refractivity contribution in [2.75, 3.05) is 13.2 Å². The minimum atomic E-state index is -0.590. The van der Waals surface area contributed by atoms with Crippen molar-refractivity contribution in [3.05, 3.63) is 66.7 Å². The minimum absolute atomic E-state index is 0.0632. The second-order valence-corrected chi connectivity index (χ2v) is 9.17. The van der Waals surface area contributed by atoms with Gasteiger partial charge in [0.2, 0.25) is 5.75 Å². The highest BCUT2D eigenvalue weighted by Gasteiger charge is 2.24. The highest BCUT2D eigenvalue weighted by atomic mass is 79.9. The molecule has 0 spiro atoms. The summed E-state index contributed by atoms with van der Waals surface area (Å²) < 4.78 is 12.9. The van der Waals surface area contributed by atoms with E-state index in [1.54, 1.807) is 25.1 Å². The van der Waals surface area contributed by atoms with Gasteiger partial charge in [-0.2, -0.15) is 9.78 Å². The summed E-state index contributed by atoms with van der Waals surface area (Å²) >= 11 is 3.38. The van der Waals surface area contributed by atoms with Crippen LogP contribution in [0.25, 0.3) is 10.9 Å². The number of hydrogen-bond donors (Lipinski definition) is 0. The first-order chi connectivity index (χ1) is 16.1. The van der Waals surface area contributed by atoms with E-state index in [0.29, 0.717) is 22.3 Å². The van der Waals surface area contributed by atoms with Gasteiger partial charge < -0.3 is 9.47 Å². The summed E-state index contributed by atoms with van der Waals surface area (Å²) in [7, 11) is 0. The van der Waals surface area contributed by atoms with Crippen molar-refractivity contribution >= 4 is 38.7 Å². The van der Waals surface area contributed by atoms with Crippen LogP contribution in [-0.2, 0) is 5.41 Å². The largest absolute Gasteiger partial charge is 0.490 e. The van der Waals surface area contributed by atoms with Crippen LogP contribution in [-0.4, -0.2) is 34.0 Å². The molecule has 0 N–H and O–H groups in total. The quantitative estimate of drug-likeness (QED) is 0.191. The molecule has 0 fully saturated rings. The van der Waals surface area contributed by atoms with Crippen molar-refractivity contribution in [2.45, 2.75) is 33.1 Å². The standard InChI is InChI=1S/C24H23BrN4O5/c1-6-10-34-21-19(29(31)32)11-15(12-20(21)33-7-2)14-26-28-22(30)17-13-16(25)8-9-18(17)27-23(28)24(3,4)5/h1,8-9,11-14H,7,10H2,2-5H3. The van der Waals surface area contributed by atoms with Crippen LogP contribution in [0.5, 0.6) is 11.5 Å². The number of ether oxygens (including phenoxy) is 2. The van der Waals surface area contributed by atoms with Gasteiger partial charge in [-0.1, -0.05) is 42.6 Å². The van der Waals surface area contributed by atoms with Gasteiger partial charge in [-0.05, 0) is 31.2 Å². The topological polar surface area (TPSA) is 109 Å². The van der Waals surface area contributed by atoms with Crippen LogP contribution in [0.15, 0.2) is 44.7 Å². The van der Waals surface area contributed by atoms with Gasteiger partial charge in [0.25, 0.3) is 5.56 Å². The summed E-state index contributed by atoms with van der Waals surface area (Å²) in [6.07, 6.45) is 6.58. The molecule has 1 heterocycles. The molecule has 3 aromatic rings. The van der Waals surface area contributed by atoms with Gasteiger partial charge in [0.1, 0.15) is 12.4 Å². The molecule has 2 aromatic carbocycles. The molecule has 10 heteroatoms. The number of fused-ring (bicyclic) bond motifs is 1. The summed E-state index contributed by atoms with van der Waals surface area (Å²) in [5, 5.41) is 16.4. The number of nitrogens with zero attached hydrogens (tertiary/aromatic N) is 4. The van der Waals surface area contributed by atoms with Gasteiger partial charge in [-0.25, -0.2) is 4.98 Å². The van der Waals surface area contributed by atoms with Gasteiger partial charge >= 0.3 is 5.69 Å². The Labute approximate surface area is 204 Å². The molecular formula is C24H23BrN4O5. The highest BCUT2D eigenvalue weighted by Crippen LogP contribution is 2.38. The van der Waals surface area contributed by atoms with Crippen molar-refractivity contribution < 1.29 is 14.4 Å². The number of nitro benzene ring substituents is 1. The molecule has 0 aliphatic rings. The Morgan fingerprint density at radius 2 is 2.03 bits per heavy atom. The van der Waals surface area contributed by atoms with Gasteiger partial charge in [-0.15, -0.1) is 6.42 Å². The second-order valence-electron chi connectivity index (χ2n) is 8.26. The Morgan fingerprint density at radius 3 is 2.65 bits per heavy atom. The van der Waals surface area contributed by atoms with E-state index >= 15 is 0 Å². The molecule has 176 valence electrons. The Morgan fingerprint density at radius 1 is 1.29 bits per heavy atom. The molecule has 0 radical (unpaired) electrons. The molecule has 1 aromatic heterocycles. The van der Waals surface area contributed by atoms with Crippen LogP contribution < -0.4 is 15.0 Å². The molecule has 0 unspecified atom stereocenters. The first kappa shape index (κ1) is 24.9. The molecule has 34 heavy (non-hydrogen) atoms. The molecule has 0 aliphatic carbocycles. The van der Waals surface area contributed by atoms with Crippen LogP contribution in [0.1, 0.15) is 39.1 Å². The van der Waals surface area contributed by atoms with Crippen LogP contribution in [0.4, 0.5) is 5.69 Å². The summed E-state index contributed by atoms with van der Waals surface area (Å²) in [5.41, 5.74) is -0.307. The van der Waals surface area contributed by atoms with E-state index in [4.69, 9.17) is 15.9 Å². The van der Waals surface area contributed by atoms with E-state index in [1.165, 1.54) is 17.0 Å². The van der Waals surface area contributed by atoms with Crippen LogP contribution in [0, 0.1) is 22.5 Å². The van der Waals surface area contributed by atoms with Crippen LogP contribution >= 0.6 is 15.9 Å². The average Bonchev–Trinajstić information content (AvgIpc) is 2.77. The summed E-state index contributed by atoms with van der Waals surface area (Å²) in [4.78, 5) is 29.1. The Kier molecular flexibility index (Phi) is 7.37. The monoisotopic (exact) mass is 526 g/mol. The van der Waals surface area contributed by atoms with Gasteiger partial charge in [0, 0.05) is 21.5 Å². The number of aromatic nitrogens is 2. The lowest BCUT2D eigenvalue weighted by atomic mass is 9.95. The van der Waals surface area contributed by atoms with Gasteiger partial charge in [-0.3, -0.25) is 14.9 Å². The first-order valence-corrected chi connectivity index (χ1v) is 11.1. The Balaban J connectivity index is 2.21. The predicted molar refractivity (Wildman–Crippen MR) is 134 cm³/mol. The fourth-order valence-electron chi connectivity index (χ4n) is 3.21. The minimum Gasteiger partial charge on any atom is -0.490 e. The van der Waals surface area contributed by atoms with E-state index in [1.807, 2.05) is 26.8 Å². The molecule has 0 bridgehead atoms. The van der Waals surface area contributed by atoms with Crippen molar-refractivity contribution in [1.82, 2.24) is 9.66 Å². The van der Waals surface area contributed by atoms with E-state index in [2.05, 4.69) is 31.9 Å². The van der Waals surface area contributed by atoms with Gasteiger partial charge in [0.15, 0.2) is 5.75 Å². The molecule has 0 saturated heterocycles. The number of halogens is 1. The second kappa shape index (κ2) is 10.1. The fourth-order valence-corrected chi connectivity index (χ4v) is 3.57. The zero-order valence-electron chi connectivity index (χ0n) is 19.2. The molecule has 9 nitrogen and oxygen atoms in total. The third-order valence-corrected chi connectivity index (χ3v) is 5.15. The number of benzene rings is 2. The number of rotatable bonds is 7. The van der Waals surface area contributed by atoms with Crippen molar-refractivity contribution in [3.8, 4) is 23.8 Å². The maximum absolute atomic E-state index is 13.3. The van der Waals surface area contributed by atoms with Gasteiger partial charge in [0.05, 0.1) is 28.6 Å². The molecule has 0 atom stereocenters. The molecule has 0 saturated carbocycles. The zero-order valence-corrected chi connectivity index (χ0v) is 20.7. The molecule has 0 amide bonds. The fraction of sp³-hybridized carbons (Fsp3) is 0.292. The highest BCUT2D eigenvalue weighted by molar-refractivity contribution is 9.10. The maximum atomic E-state index is 13.3.